The molecule has 0 aliphatic carbocycles. The number of unbranched alkanes of at least 4 members (excludes halogenated alkanes) is 1. The molecule has 0 saturated heterocycles. The van der Waals surface area contributed by atoms with Gasteiger partial charge in [-0.1, -0.05) is 33.3 Å². The first-order valence-corrected chi connectivity index (χ1v) is 8.16. The summed E-state index contributed by atoms with van der Waals surface area (Å²) in [6, 6.07) is 3.83. The fourth-order valence-corrected chi connectivity index (χ4v) is 2.22. The number of nitrogens with one attached hydrogen (secondary N) is 1. The van der Waals surface area contributed by atoms with E-state index in [1.54, 1.807) is 0 Å². The molecular formula is C17H29N3O. The molecule has 4 nitrogen and oxygen atoms in total. The van der Waals surface area contributed by atoms with E-state index < -0.39 is 0 Å². The van der Waals surface area contributed by atoms with E-state index in [9.17, 15) is 4.79 Å². The molecule has 0 radical (unpaired) electrons. The molecular weight excluding hydrogens is 262 g/mol. The quantitative estimate of drug-likeness (QED) is 0.674. The summed E-state index contributed by atoms with van der Waals surface area (Å²) in [5, 5.41) is 2.94. The number of carbonyl (C=O) groups is 1. The first-order valence-electron chi connectivity index (χ1n) is 8.16. The van der Waals surface area contributed by atoms with Crippen LogP contribution in [-0.4, -0.2) is 42.0 Å². The van der Waals surface area contributed by atoms with Gasteiger partial charge in [-0.25, -0.2) is 0 Å². The summed E-state index contributed by atoms with van der Waals surface area (Å²) in [5.74, 6) is -0.0726. The topological polar surface area (TPSA) is 45.2 Å². The SMILES string of the molecule is CCCCc1ccc(C(=O)NCCCN(CC)CC)nc1. The zero-order valence-electron chi connectivity index (χ0n) is 13.7. The van der Waals surface area contributed by atoms with Gasteiger partial charge in [0.25, 0.3) is 5.91 Å². The lowest BCUT2D eigenvalue weighted by Crippen LogP contribution is -2.30. The zero-order valence-corrected chi connectivity index (χ0v) is 13.7. The minimum Gasteiger partial charge on any atom is -0.351 e. The van der Waals surface area contributed by atoms with Gasteiger partial charge >= 0.3 is 0 Å². The largest absolute Gasteiger partial charge is 0.351 e. The maximum Gasteiger partial charge on any atom is 0.269 e. The van der Waals surface area contributed by atoms with E-state index in [4.69, 9.17) is 0 Å². The highest BCUT2D eigenvalue weighted by molar-refractivity contribution is 5.92. The molecule has 1 N–H and O–H groups in total. The molecule has 118 valence electrons. The Balaban J connectivity index is 2.31. The number of aryl methyl sites for hydroxylation is 1. The van der Waals surface area contributed by atoms with Crippen molar-refractivity contribution in [2.75, 3.05) is 26.2 Å². The molecule has 1 aromatic rings. The third-order valence-corrected chi connectivity index (χ3v) is 3.71. The average molecular weight is 291 g/mol. The molecule has 1 amide bonds. The summed E-state index contributed by atoms with van der Waals surface area (Å²) >= 11 is 0. The number of pyridine rings is 1. The second-order valence-electron chi connectivity index (χ2n) is 5.29. The van der Waals surface area contributed by atoms with Crippen LogP contribution in [0.15, 0.2) is 18.3 Å². The zero-order chi connectivity index (χ0) is 15.5. The number of rotatable bonds is 10. The van der Waals surface area contributed by atoms with Gasteiger partial charge in [-0.2, -0.15) is 0 Å². The smallest absolute Gasteiger partial charge is 0.269 e. The maximum atomic E-state index is 12.0. The van der Waals surface area contributed by atoms with Crippen molar-refractivity contribution in [2.24, 2.45) is 0 Å². The number of hydrogen-bond acceptors (Lipinski definition) is 3. The Bertz CT molecular complexity index is 399. The van der Waals surface area contributed by atoms with E-state index in [1.807, 2.05) is 18.3 Å². The molecule has 0 aliphatic heterocycles. The molecule has 1 heterocycles. The normalized spacial score (nSPS) is 10.9. The van der Waals surface area contributed by atoms with Crippen molar-refractivity contribution in [1.82, 2.24) is 15.2 Å². The van der Waals surface area contributed by atoms with Gasteiger partial charge in [0.2, 0.25) is 0 Å². The summed E-state index contributed by atoms with van der Waals surface area (Å²) in [5.41, 5.74) is 1.72. The van der Waals surface area contributed by atoms with Gasteiger partial charge in [-0.3, -0.25) is 9.78 Å². The third-order valence-electron chi connectivity index (χ3n) is 3.71. The molecule has 0 spiro atoms. The Morgan fingerprint density at radius 3 is 2.52 bits per heavy atom. The second kappa shape index (κ2) is 10.3. The van der Waals surface area contributed by atoms with Crippen molar-refractivity contribution in [3.8, 4) is 0 Å². The van der Waals surface area contributed by atoms with Crippen molar-refractivity contribution in [3.05, 3.63) is 29.6 Å². The Labute approximate surface area is 129 Å². The first kappa shape index (κ1) is 17.6. The molecule has 21 heavy (non-hydrogen) atoms. The van der Waals surface area contributed by atoms with Gasteiger partial charge in [-0.15, -0.1) is 0 Å². The lowest BCUT2D eigenvalue weighted by molar-refractivity contribution is 0.0947. The van der Waals surface area contributed by atoms with Crippen LogP contribution in [0.2, 0.25) is 0 Å². The Kier molecular flexibility index (Phi) is 8.67. The molecule has 4 heteroatoms. The Morgan fingerprint density at radius 2 is 1.95 bits per heavy atom. The first-order chi connectivity index (χ1) is 10.2. The molecule has 0 aromatic carbocycles. The number of nitrogens with zero attached hydrogens (tertiary/aromatic N) is 2. The van der Waals surface area contributed by atoms with Gasteiger partial charge in [-0.05, 0) is 50.5 Å². The number of carbonyl (C=O) groups excluding carboxylic acids is 1. The van der Waals surface area contributed by atoms with Crippen LogP contribution >= 0.6 is 0 Å². The van der Waals surface area contributed by atoms with Crippen LogP contribution in [-0.2, 0) is 6.42 Å². The van der Waals surface area contributed by atoms with E-state index >= 15 is 0 Å². The van der Waals surface area contributed by atoms with Gasteiger partial charge in [0.15, 0.2) is 0 Å². The Morgan fingerprint density at radius 1 is 1.19 bits per heavy atom. The third kappa shape index (κ3) is 6.71. The van der Waals surface area contributed by atoms with E-state index in [1.165, 1.54) is 18.4 Å². The number of hydrogen-bond donors (Lipinski definition) is 1. The van der Waals surface area contributed by atoms with Crippen molar-refractivity contribution in [1.29, 1.82) is 0 Å². The molecule has 1 aromatic heterocycles. The summed E-state index contributed by atoms with van der Waals surface area (Å²) < 4.78 is 0. The molecule has 0 aliphatic rings. The minimum absolute atomic E-state index is 0.0726. The lowest BCUT2D eigenvalue weighted by atomic mass is 10.1. The fourth-order valence-electron chi connectivity index (χ4n) is 2.22. The van der Waals surface area contributed by atoms with E-state index in [-0.39, 0.29) is 5.91 Å². The van der Waals surface area contributed by atoms with Crippen LogP contribution in [0.5, 0.6) is 0 Å². The molecule has 0 fully saturated rings. The van der Waals surface area contributed by atoms with Gasteiger partial charge in [0, 0.05) is 12.7 Å². The summed E-state index contributed by atoms with van der Waals surface area (Å²) in [4.78, 5) is 18.6. The van der Waals surface area contributed by atoms with Crippen molar-refractivity contribution in [2.45, 2.75) is 46.5 Å². The van der Waals surface area contributed by atoms with Crippen molar-refractivity contribution in [3.63, 3.8) is 0 Å². The van der Waals surface area contributed by atoms with Crippen LogP contribution in [0.1, 0.15) is 56.1 Å². The molecule has 0 bridgehead atoms. The fraction of sp³-hybridized carbons (Fsp3) is 0.647. The van der Waals surface area contributed by atoms with Gasteiger partial charge < -0.3 is 10.2 Å². The lowest BCUT2D eigenvalue weighted by Gasteiger charge is -2.17. The monoisotopic (exact) mass is 291 g/mol. The van der Waals surface area contributed by atoms with Gasteiger partial charge in [0.1, 0.15) is 5.69 Å². The predicted molar refractivity (Wildman–Crippen MR) is 87.6 cm³/mol. The van der Waals surface area contributed by atoms with Crippen LogP contribution in [0.3, 0.4) is 0 Å². The van der Waals surface area contributed by atoms with Crippen LogP contribution in [0.4, 0.5) is 0 Å². The average Bonchev–Trinajstić information content (AvgIpc) is 2.53. The summed E-state index contributed by atoms with van der Waals surface area (Å²) in [6.45, 7) is 10.3. The van der Waals surface area contributed by atoms with Gasteiger partial charge in [0.05, 0.1) is 0 Å². The molecule has 0 saturated carbocycles. The molecule has 0 unspecified atom stereocenters. The van der Waals surface area contributed by atoms with Crippen LogP contribution in [0, 0.1) is 0 Å². The highest BCUT2D eigenvalue weighted by atomic mass is 16.1. The van der Waals surface area contributed by atoms with Crippen molar-refractivity contribution >= 4 is 5.91 Å². The van der Waals surface area contributed by atoms with E-state index in [0.29, 0.717) is 12.2 Å². The Hall–Kier alpha value is -1.42. The highest BCUT2D eigenvalue weighted by Gasteiger charge is 2.06. The van der Waals surface area contributed by atoms with Crippen LogP contribution < -0.4 is 5.32 Å². The standard InChI is InChI=1S/C17H29N3O/c1-4-7-9-15-10-11-16(19-14-15)17(21)18-12-8-13-20(5-2)6-3/h10-11,14H,4-9,12-13H2,1-3H3,(H,18,21). The highest BCUT2D eigenvalue weighted by Crippen LogP contribution is 2.05. The summed E-state index contributed by atoms with van der Waals surface area (Å²) in [7, 11) is 0. The minimum atomic E-state index is -0.0726. The number of amides is 1. The van der Waals surface area contributed by atoms with Crippen molar-refractivity contribution < 1.29 is 4.79 Å². The maximum absolute atomic E-state index is 12.0. The van der Waals surface area contributed by atoms with E-state index in [0.717, 1.165) is 32.5 Å². The molecule has 0 atom stereocenters. The second-order valence-corrected chi connectivity index (χ2v) is 5.29. The summed E-state index contributed by atoms with van der Waals surface area (Å²) in [6.07, 6.45) is 6.17. The van der Waals surface area contributed by atoms with Crippen LogP contribution in [0.25, 0.3) is 0 Å². The predicted octanol–water partition coefficient (Wildman–Crippen LogP) is 2.89. The number of aromatic nitrogens is 1. The van der Waals surface area contributed by atoms with E-state index in [2.05, 4.69) is 36.0 Å². The molecule has 1 rings (SSSR count).